The Hall–Kier alpha value is 0.440. The molecule has 10 heavy (non-hydrogen) atoms. The van der Waals surface area contributed by atoms with E-state index in [0.717, 1.165) is 0 Å². The van der Waals surface area contributed by atoms with E-state index in [1.54, 1.807) is 0 Å². The lowest BCUT2D eigenvalue weighted by atomic mass is 9.92. The fraction of sp³-hybridized carbons (Fsp3) is 0.500. The number of allylic oxidation sites excluding steroid dienone is 4. The minimum absolute atomic E-state index is 0.0990. The van der Waals surface area contributed by atoms with Gasteiger partial charge in [-0.05, 0) is 12.8 Å². The molecule has 0 aromatic heterocycles. The van der Waals surface area contributed by atoms with Crippen LogP contribution in [0.15, 0.2) is 22.7 Å². The van der Waals surface area contributed by atoms with Crippen LogP contribution in [0.1, 0.15) is 13.8 Å². The van der Waals surface area contributed by atoms with Gasteiger partial charge in [-0.2, -0.15) is 0 Å². The highest BCUT2D eigenvalue weighted by Crippen LogP contribution is 2.41. The number of rotatable bonds is 0. The van der Waals surface area contributed by atoms with E-state index in [9.17, 15) is 0 Å². The summed E-state index contributed by atoms with van der Waals surface area (Å²) in [5.74, 6) is 0.548. The molecule has 0 saturated carbocycles. The topological polar surface area (TPSA) is 0 Å². The molecule has 0 radical (unpaired) electrons. The maximum atomic E-state index is 3.66. The van der Waals surface area contributed by atoms with Gasteiger partial charge in [0.2, 0.25) is 0 Å². The average Bonchev–Trinajstić information content (AvgIpc) is 1.84. The normalized spacial score (nSPS) is 39.6. The smallest absolute Gasteiger partial charge is 0.0603 e. The van der Waals surface area contributed by atoms with Crippen molar-refractivity contribution in [3.63, 3.8) is 0 Å². The van der Waals surface area contributed by atoms with Gasteiger partial charge in [-0.25, -0.2) is 0 Å². The Kier molecular flexibility index (Phi) is 2.41. The Morgan fingerprint density at radius 2 is 2.20 bits per heavy atom. The molecule has 0 saturated heterocycles. The highest BCUT2D eigenvalue weighted by molar-refractivity contribution is 9.14. The van der Waals surface area contributed by atoms with Crippen LogP contribution < -0.4 is 0 Å². The van der Waals surface area contributed by atoms with Gasteiger partial charge in [-0.1, -0.05) is 57.0 Å². The Balaban J connectivity index is 2.93. The van der Waals surface area contributed by atoms with Crippen molar-refractivity contribution in [2.24, 2.45) is 5.92 Å². The molecule has 1 aliphatic carbocycles. The molecule has 0 nitrogen and oxygen atoms in total. The number of hydrogen-bond donors (Lipinski definition) is 0. The molecule has 1 rings (SSSR count). The Morgan fingerprint density at radius 1 is 1.60 bits per heavy atom. The predicted molar refractivity (Wildman–Crippen MR) is 52.6 cm³/mol. The fourth-order valence-electron chi connectivity index (χ4n) is 0.868. The lowest BCUT2D eigenvalue weighted by molar-refractivity contribution is 0.606. The molecule has 0 fully saturated rings. The number of alkyl halides is 1. The van der Waals surface area contributed by atoms with Crippen LogP contribution in [0.4, 0.5) is 0 Å². The van der Waals surface area contributed by atoms with E-state index < -0.39 is 0 Å². The summed E-state index contributed by atoms with van der Waals surface area (Å²) in [6.45, 7) is 4.36. The van der Waals surface area contributed by atoms with E-state index in [1.165, 1.54) is 4.48 Å². The van der Waals surface area contributed by atoms with Crippen molar-refractivity contribution < 1.29 is 0 Å². The predicted octanol–water partition coefficient (Wildman–Crippen LogP) is 3.62. The Morgan fingerprint density at radius 3 is 2.60 bits per heavy atom. The Bertz CT molecular complexity index is 189. The molecule has 0 amide bonds. The van der Waals surface area contributed by atoms with E-state index in [4.69, 9.17) is 0 Å². The van der Waals surface area contributed by atoms with Crippen LogP contribution in [0.5, 0.6) is 0 Å². The summed E-state index contributed by atoms with van der Waals surface area (Å²) in [5.41, 5.74) is 0. The summed E-state index contributed by atoms with van der Waals surface area (Å²) >= 11 is 7.17. The zero-order valence-corrected chi connectivity index (χ0v) is 9.24. The SMILES string of the molecule is CC1C=CC=C(Br)C1(C)Br. The van der Waals surface area contributed by atoms with Crippen molar-refractivity contribution in [1.29, 1.82) is 0 Å². The standard InChI is InChI=1S/C8H10Br2/c1-6-4-3-5-7(9)8(6,2)10/h3-6H,1-2H3. The summed E-state index contributed by atoms with van der Waals surface area (Å²) in [5, 5.41) is 0. The second kappa shape index (κ2) is 2.82. The van der Waals surface area contributed by atoms with Crippen molar-refractivity contribution in [1.82, 2.24) is 0 Å². The van der Waals surface area contributed by atoms with Crippen LogP contribution in [0.3, 0.4) is 0 Å². The highest BCUT2D eigenvalue weighted by atomic mass is 79.9. The zero-order valence-electron chi connectivity index (χ0n) is 6.07. The average molecular weight is 266 g/mol. The largest absolute Gasteiger partial charge is 0.0799 e. The van der Waals surface area contributed by atoms with Crippen molar-refractivity contribution >= 4 is 31.9 Å². The summed E-state index contributed by atoms with van der Waals surface area (Å²) in [6.07, 6.45) is 6.35. The van der Waals surface area contributed by atoms with Gasteiger partial charge in [0.1, 0.15) is 0 Å². The first kappa shape index (κ1) is 8.54. The molecular weight excluding hydrogens is 256 g/mol. The maximum absolute atomic E-state index is 3.66. The van der Waals surface area contributed by atoms with Gasteiger partial charge in [-0.15, -0.1) is 0 Å². The number of halogens is 2. The molecule has 0 spiro atoms. The van der Waals surface area contributed by atoms with E-state index in [1.807, 2.05) is 0 Å². The molecule has 2 atom stereocenters. The number of hydrogen-bond acceptors (Lipinski definition) is 0. The van der Waals surface area contributed by atoms with Crippen LogP contribution in [-0.4, -0.2) is 4.32 Å². The molecule has 0 N–H and O–H groups in total. The quantitative estimate of drug-likeness (QED) is 0.587. The van der Waals surface area contributed by atoms with Gasteiger partial charge < -0.3 is 0 Å². The van der Waals surface area contributed by atoms with Crippen LogP contribution in [-0.2, 0) is 0 Å². The van der Waals surface area contributed by atoms with Gasteiger partial charge in [-0.3, -0.25) is 0 Å². The fourth-order valence-corrected chi connectivity index (χ4v) is 1.67. The lowest BCUT2D eigenvalue weighted by Crippen LogP contribution is -2.25. The minimum atomic E-state index is 0.0990. The summed E-state index contributed by atoms with van der Waals surface area (Å²) in [6, 6.07) is 0. The monoisotopic (exact) mass is 264 g/mol. The van der Waals surface area contributed by atoms with Crippen molar-refractivity contribution in [3.8, 4) is 0 Å². The van der Waals surface area contributed by atoms with Crippen LogP contribution in [0.2, 0.25) is 0 Å². The highest BCUT2D eigenvalue weighted by Gasteiger charge is 2.30. The van der Waals surface area contributed by atoms with Gasteiger partial charge in [0.25, 0.3) is 0 Å². The molecule has 56 valence electrons. The van der Waals surface area contributed by atoms with Crippen LogP contribution in [0, 0.1) is 5.92 Å². The molecular formula is C8H10Br2. The van der Waals surface area contributed by atoms with E-state index in [0.29, 0.717) is 5.92 Å². The second-order valence-corrected chi connectivity index (χ2v) is 5.27. The molecule has 0 aliphatic heterocycles. The molecule has 2 heteroatoms. The summed E-state index contributed by atoms with van der Waals surface area (Å²) < 4.78 is 1.32. The van der Waals surface area contributed by atoms with Gasteiger partial charge >= 0.3 is 0 Å². The van der Waals surface area contributed by atoms with Crippen molar-refractivity contribution in [2.75, 3.05) is 0 Å². The molecule has 2 unspecified atom stereocenters. The van der Waals surface area contributed by atoms with Gasteiger partial charge in [0.15, 0.2) is 0 Å². The molecule has 1 aliphatic rings. The van der Waals surface area contributed by atoms with Crippen molar-refractivity contribution in [3.05, 3.63) is 22.7 Å². The van der Waals surface area contributed by atoms with E-state index in [-0.39, 0.29) is 4.32 Å². The van der Waals surface area contributed by atoms with Gasteiger partial charge in [0, 0.05) is 4.48 Å². The summed E-state index contributed by atoms with van der Waals surface area (Å²) in [4.78, 5) is 0. The first-order valence-corrected chi connectivity index (χ1v) is 4.87. The zero-order chi connectivity index (χ0) is 7.78. The first-order valence-electron chi connectivity index (χ1n) is 3.28. The second-order valence-electron chi connectivity index (χ2n) is 2.76. The third-order valence-electron chi connectivity index (χ3n) is 1.96. The van der Waals surface area contributed by atoms with Crippen molar-refractivity contribution in [2.45, 2.75) is 18.2 Å². The molecule has 0 aromatic rings. The maximum Gasteiger partial charge on any atom is 0.0603 e. The van der Waals surface area contributed by atoms with E-state index in [2.05, 4.69) is 63.9 Å². The molecule has 0 heterocycles. The van der Waals surface area contributed by atoms with E-state index >= 15 is 0 Å². The van der Waals surface area contributed by atoms with Gasteiger partial charge in [0.05, 0.1) is 4.32 Å². The van der Waals surface area contributed by atoms with Crippen LogP contribution in [0.25, 0.3) is 0 Å². The lowest BCUT2D eigenvalue weighted by Gasteiger charge is -2.29. The Labute approximate surface area is 78.6 Å². The van der Waals surface area contributed by atoms with Crippen LogP contribution >= 0.6 is 31.9 Å². The summed E-state index contributed by atoms with van der Waals surface area (Å²) in [7, 11) is 0. The third-order valence-corrected chi connectivity index (χ3v) is 4.73. The molecule has 0 aromatic carbocycles. The third kappa shape index (κ3) is 1.37. The molecule has 0 bridgehead atoms. The first-order chi connectivity index (χ1) is 4.55. The minimum Gasteiger partial charge on any atom is -0.0799 e.